The van der Waals surface area contributed by atoms with Crippen LogP contribution in [0.1, 0.15) is 0 Å². The fourth-order valence-corrected chi connectivity index (χ4v) is 0. The van der Waals surface area contributed by atoms with E-state index in [1.807, 2.05) is 0 Å². The SMILES string of the molecule is [Cl-].[Cl-].[Cl-].[Cl-].[Cl-].[Cl-].[Cl-].[Gd+3].[Mg+2].[Mn+2]. The van der Waals surface area contributed by atoms with Crippen LogP contribution in [0.2, 0.25) is 0 Å². The van der Waals surface area contributed by atoms with Crippen LogP contribution in [0, 0.1) is 39.9 Å². The van der Waals surface area contributed by atoms with E-state index in [2.05, 4.69) is 0 Å². The molecule has 0 nitrogen and oxygen atoms in total. The number of hydrogen-bond acceptors (Lipinski definition) is 0. The Morgan fingerprint density at radius 1 is 0.400 bits per heavy atom. The minimum Gasteiger partial charge on any atom is -1.00 e. The average Bonchev–Trinajstić information content (AvgIpc) is 0. The quantitative estimate of drug-likeness (QED) is 0.300. The molecule has 0 spiro atoms. The summed E-state index contributed by atoms with van der Waals surface area (Å²) in [4.78, 5) is 0. The predicted molar refractivity (Wildman–Crippen MR) is 5.75 cm³/mol. The van der Waals surface area contributed by atoms with Crippen molar-refractivity contribution in [3.63, 3.8) is 0 Å². The second-order valence-electron chi connectivity index (χ2n) is 0. The van der Waals surface area contributed by atoms with Crippen LogP contribution in [0.15, 0.2) is 0 Å². The summed E-state index contributed by atoms with van der Waals surface area (Å²) < 4.78 is 0. The van der Waals surface area contributed by atoms with Crippen molar-refractivity contribution < 1.29 is 144 Å². The molecule has 0 bridgehead atoms. The van der Waals surface area contributed by atoms with Crippen molar-refractivity contribution in [3.05, 3.63) is 0 Å². The summed E-state index contributed by atoms with van der Waals surface area (Å²) in [5.41, 5.74) is 0. The van der Waals surface area contributed by atoms with Crippen LogP contribution in [0.5, 0.6) is 0 Å². The molecule has 0 aliphatic rings. The van der Waals surface area contributed by atoms with E-state index in [9.17, 15) is 0 Å². The van der Waals surface area contributed by atoms with Gasteiger partial charge in [-0.3, -0.25) is 0 Å². The third-order valence-electron chi connectivity index (χ3n) is 0. The first-order valence-electron chi connectivity index (χ1n) is 0. The maximum absolute atomic E-state index is 0. The molecular weight excluding hydrogens is 485 g/mol. The van der Waals surface area contributed by atoms with Crippen molar-refractivity contribution in [1.29, 1.82) is 0 Å². The molecule has 0 atom stereocenters. The maximum Gasteiger partial charge on any atom is 3.00 e. The first kappa shape index (κ1) is 127. The first-order valence-corrected chi connectivity index (χ1v) is 0. The summed E-state index contributed by atoms with van der Waals surface area (Å²) in [6, 6.07) is 0. The number of hydrogen-bond donors (Lipinski definition) is 0. The fraction of sp³-hybridized carbons (Fsp3) is 0. The topological polar surface area (TPSA) is 0 Å². The van der Waals surface area contributed by atoms with E-state index in [1.165, 1.54) is 0 Å². The van der Waals surface area contributed by atoms with Crippen molar-refractivity contribution in [3.8, 4) is 0 Å². The molecule has 0 aromatic heterocycles. The van der Waals surface area contributed by atoms with Gasteiger partial charge in [0.25, 0.3) is 0 Å². The van der Waals surface area contributed by atoms with Gasteiger partial charge >= 0.3 is 80.1 Å². The summed E-state index contributed by atoms with van der Waals surface area (Å²) in [6.07, 6.45) is 0. The molecule has 66 valence electrons. The summed E-state index contributed by atoms with van der Waals surface area (Å²) in [6.45, 7) is 0. The Morgan fingerprint density at radius 2 is 0.400 bits per heavy atom. The fourth-order valence-electron chi connectivity index (χ4n) is 0. The van der Waals surface area contributed by atoms with Crippen LogP contribution in [0.3, 0.4) is 0 Å². The molecule has 0 N–H and O–H groups in total. The Labute approximate surface area is 163 Å². The van der Waals surface area contributed by atoms with Gasteiger partial charge in [-0.2, -0.15) is 0 Å². The maximum atomic E-state index is 0. The average molecular weight is 485 g/mol. The molecule has 0 aromatic rings. The molecule has 0 saturated carbocycles. The zero-order valence-electron chi connectivity index (χ0n) is 4.08. The molecule has 0 aliphatic heterocycles. The smallest absolute Gasteiger partial charge is 1.00 e. The van der Waals surface area contributed by atoms with Crippen LogP contribution in [-0.2, 0) is 17.1 Å². The van der Waals surface area contributed by atoms with Crippen molar-refractivity contribution >= 4 is 23.1 Å². The van der Waals surface area contributed by atoms with Gasteiger partial charge in [-0.1, -0.05) is 0 Å². The van der Waals surface area contributed by atoms with Crippen LogP contribution in [0.25, 0.3) is 0 Å². The molecule has 0 aliphatic carbocycles. The van der Waals surface area contributed by atoms with Gasteiger partial charge in [0.15, 0.2) is 0 Å². The Bertz CT molecular complexity index is 13.6. The number of rotatable bonds is 0. The second-order valence-corrected chi connectivity index (χ2v) is 0. The third-order valence-corrected chi connectivity index (χ3v) is 0. The predicted octanol–water partition coefficient (Wildman–Crippen LogP) is -21.4. The van der Waals surface area contributed by atoms with Crippen LogP contribution >= 0.6 is 0 Å². The van der Waals surface area contributed by atoms with Crippen molar-refractivity contribution in [2.24, 2.45) is 0 Å². The molecule has 0 aromatic carbocycles. The monoisotopic (exact) mass is 482 g/mol. The Morgan fingerprint density at radius 3 is 0.400 bits per heavy atom. The van der Waals surface area contributed by atoms with Gasteiger partial charge in [0.2, 0.25) is 0 Å². The van der Waals surface area contributed by atoms with Crippen LogP contribution in [0.4, 0.5) is 0 Å². The molecule has 0 heterocycles. The van der Waals surface area contributed by atoms with Gasteiger partial charge in [0.05, 0.1) is 0 Å². The zero-order valence-corrected chi connectivity index (χ0v) is 14.2. The van der Waals surface area contributed by atoms with Crippen molar-refractivity contribution in [2.75, 3.05) is 0 Å². The minimum absolute atomic E-state index is 0. The standard InChI is InChI=1S/7ClH.Gd.Mg.Mn/h7*1H;;;/q;;;;;;;+3;2*+2/p-7. The minimum atomic E-state index is 0. The zero-order chi connectivity index (χ0) is 0. The van der Waals surface area contributed by atoms with Gasteiger partial charge in [0, 0.05) is 0 Å². The Balaban J connectivity index is 0. The molecule has 0 rings (SSSR count). The normalized spacial score (nSPS) is 0. The largest absolute Gasteiger partial charge is 3.00 e. The molecular formula is Cl7GdMgMn. The van der Waals surface area contributed by atoms with Gasteiger partial charge in [-0.15, -0.1) is 0 Å². The summed E-state index contributed by atoms with van der Waals surface area (Å²) in [5, 5.41) is 0. The van der Waals surface area contributed by atoms with E-state index in [-0.39, 0.29) is 167 Å². The van der Waals surface area contributed by atoms with Crippen LogP contribution in [-0.4, -0.2) is 23.1 Å². The molecule has 10 heteroatoms. The van der Waals surface area contributed by atoms with E-state index in [1.54, 1.807) is 0 Å². The van der Waals surface area contributed by atoms with E-state index in [4.69, 9.17) is 0 Å². The third kappa shape index (κ3) is 79.5. The van der Waals surface area contributed by atoms with Gasteiger partial charge < -0.3 is 86.8 Å². The van der Waals surface area contributed by atoms with Crippen molar-refractivity contribution in [1.82, 2.24) is 0 Å². The Hall–Kier alpha value is 4.64. The summed E-state index contributed by atoms with van der Waals surface area (Å²) in [5.74, 6) is 0. The Kier molecular flexibility index (Phi) is 1280. The molecule has 0 unspecified atom stereocenters. The first-order chi connectivity index (χ1) is 0. The molecule has 0 amide bonds. The molecule has 0 saturated heterocycles. The van der Waals surface area contributed by atoms with Gasteiger partial charge in [-0.25, -0.2) is 0 Å². The molecule has 2 radical (unpaired) electrons. The van der Waals surface area contributed by atoms with Gasteiger partial charge in [0.1, 0.15) is 0 Å². The molecule has 0 fully saturated rings. The van der Waals surface area contributed by atoms with Crippen LogP contribution < -0.4 is 86.8 Å². The summed E-state index contributed by atoms with van der Waals surface area (Å²) in [7, 11) is 0. The van der Waals surface area contributed by atoms with E-state index < -0.39 is 0 Å². The molecule has 10 heavy (non-hydrogen) atoms. The van der Waals surface area contributed by atoms with E-state index in [0.717, 1.165) is 0 Å². The van der Waals surface area contributed by atoms with Gasteiger partial charge in [-0.05, 0) is 0 Å². The van der Waals surface area contributed by atoms with E-state index in [0.29, 0.717) is 0 Å². The second kappa shape index (κ2) is 101. The van der Waals surface area contributed by atoms with Crippen molar-refractivity contribution in [2.45, 2.75) is 0 Å². The summed E-state index contributed by atoms with van der Waals surface area (Å²) >= 11 is 0. The number of halogens is 7. The van der Waals surface area contributed by atoms with E-state index >= 15 is 0 Å².